The van der Waals surface area contributed by atoms with Gasteiger partial charge in [0.25, 0.3) is 5.91 Å². The Morgan fingerprint density at radius 3 is 2.50 bits per heavy atom. The highest BCUT2D eigenvalue weighted by atomic mass is 19.4. The molecule has 110 valence electrons. The second-order valence-corrected chi connectivity index (χ2v) is 3.80. The van der Waals surface area contributed by atoms with E-state index in [1.165, 1.54) is 7.05 Å². The number of rotatable bonds is 5. The average molecular weight is 290 g/mol. The van der Waals surface area contributed by atoms with Crippen molar-refractivity contribution in [2.45, 2.75) is 12.6 Å². The smallest absolute Gasteiger partial charge is 0.369 e. The number of amides is 2. The monoisotopic (exact) mass is 290 g/mol. The number of nitrogens with zero attached hydrogens (tertiary/aromatic N) is 1. The highest BCUT2D eigenvalue weighted by molar-refractivity contribution is 5.97. The van der Waals surface area contributed by atoms with E-state index in [1.54, 1.807) is 0 Å². The lowest BCUT2D eigenvalue weighted by Gasteiger charge is -2.12. The minimum Gasteiger partial charge on any atom is -0.369 e. The quantitative estimate of drug-likeness (QED) is 0.745. The number of nitrogens with one attached hydrogen (secondary N) is 2. The first-order valence-corrected chi connectivity index (χ1v) is 5.58. The van der Waals surface area contributed by atoms with Gasteiger partial charge in [0.2, 0.25) is 5.91 Å². The van der Waals surface area contributed by atoms with Gasteiger partial charge in [-0.15, -0.1) is 0 Å². The van der Waals surface area contributed by atoms with E-state index in [0.29, 0.717) is 6.07 Å². The zero-order valence-corrected chi connectivity index (χ0v) is 10.5. The molecule has 9 heteroatoms. The molecule has 0 bridgehead atoms. The van der Waals surface area contributed by atoms with Crippen molar-refractivity contribution in [3.63, 3.8) is 0 Å². The first-order valence-electron chi connectivity index (χ1n) is 5.58. The van der Waals surface area contributed by atoms with E-state index >= 15 is 0 Å². The van der Waals surface area contributed by atoms with Gasteiger partial charge in [-0.25, -0.2) is 4.98 Å². The van der Waals surface area contributed by atoms with Gasteiger partial charge in [-0.3, -0.25) is 9.59 Å². The van der Waals surface area contributed by atoms with Crippen LogP contribution in [0.4, 0.5) is 19.0 Å². The zero-order valence-electron chi connectivity index (χ0n) is 10.5. The molecule has 1 aromatic rings. The maximum absolute atomic E-state index is 12.5. The molecule has 0 atom stereocenters. The summed E-state index contributed by atoms with van der Waals surface area (Å²) in [6, 6.07) is 1.62. The van der Waals surface area contributed by atoms with Crippen LogP contribution in [-0.2, 0) is 11.0 Å². The molecule has 1 rings (SSSR count). The maximum Gasteiger partial charge on any atom is 0.433 e. The van der Waals surface area contributed by atoms with Crippen molar-refractivity contribution >= 4 is 17.6 Å². The van der Waals surface area contributed by atoms with Crippen molar-refractivity contribution in [1.29, 1.82) is 0 Å². The predicted octanol–water partition coefficient (Wildman–Crippen LogP) is 0.747. The number of nitrogens with two attached hydrogens (primary N) is 1. The fourth-order valence-corrected chi connectivity index (χ4v) is 1.37. The van der Waals surface area contributed by atoms with Crippen molar-refractivity contribution in [3.05, 3.63) is 23.4 Å². The fourth-order valence-electron chi connectivity index (χ4n) is 1.37. The number of hydrogen-bond donors (Lipinski definition) is 3. The third-order valence-corrected chi connectivity index (χ3v) is 2.37. The highest BCUT2D eigenvalue weighted by Crippen LogP contribution is 2.29. The number of halogens is 3. The van der Waals surface area contributed by atoms with Gasteiger partial charge in [-0.2, -0.15) is 13.2 Å². The van der Waals surface area contributed by atoms with Gasteiger partial charge in [-0.05, 0) is 12.1 Å². The van der Waals surface area contributed by atoms with E-state index in [4.69, 9.17) is 5.73 Å². The van der Waals surface area contributed by atoms with E-state index in [9.17, 15) is 22.8 Å². The molecular weight excluding hydrogens is 277 g/mol. The lowest BCUT2D eigenvalue weighted by atomic mass is 10.2. The molecule has 0 aliphatic heterocycles. The largest absolute Gasteiger partial charge is 0.433 e. The van der Waals surface area contributed by atoms with Gasteiger partial charge in [0, 0.05) is 20.0 Å². The fraction of sp³-hybridized carbons (Fsp3) is 0.364. The Kier molecular flexibility index (Phi) is 4.89. The molecule has 0 spiro atoms. The topological polar surface area (TPSA) is 97.1 Å². The molecule has 1 heterocycles. The molecule has 0 aromatic carbocycles. The minimum absolute atomic E-state index is 0.0205. The van der Waals surface area contributed by atoms with Crippen LogP contribution in [0.1, 0.15) is 22.5 Å². The number of carbonyl (C=O) groups is 2. The summed E-state index contributed by atoms with van der Waals surface area (Å²) < 4.78 is 37.6. The number of hydrogen-bond acceptors (Lipinski definition) is 4. The number of pyridine rings is 1. The maximum atomic E-state index is 12.5. The minimum atomic E-state index is -4.63. The Bertz CT molecular complexity index is 517. The molecule has 0 aliphatic carbocycles. The first-order chi connectivity index (χ1) is 9.25. The first kappa shape index (κ1) is 15.7. The van der Waals surface area contributed by atoms with Gasteiger partial charge >= 0.3 is 6.18 Å². The van der Waals surface area contributed by atoms with Crippen LogP contribution in [0.25, 0.3) is 0 Å². The summed E-state index contributed by atoms with van der Waals surface area (Å²) in [5, 5.41) is 4.85. The number of primary amides is 1. The number of alkyl halides is 3. The molecule has 0 aliphatic rings. The van der Waals surface area contributed by atoms with Crippen LogP contribution >= 0.6 is 0 Å². The van der Waals surface area contributed by atoms with Gasteiger partial charge in [0.1, 0.15) is 11.5 Å². The second kappa shape index (κ2) is 6.22. The van der Waals surface area contributed by atoms with E-state index in [1.807, 2.05) is 0 Å². The summed E-state index contributed by atoms with van der Waals surface area (Å²) in [4.78, 5) is 25.4. The molecule has 1 aromatic heterocycles. The van der Waals surface area contributed by atoms with Crippen molar-refractivity contribution < 1.29 is 22.8 Å². The molecule has 6 nitrogen and oxygen atoms in total. The van der Waals surface area contributed by atoms with Crippen molar-refractivity contribution in [2.75, 3.05) is 18.9 Å². The van der Waals surface area contributed by atoms with E-state index < -0.39 is 17.8 Å². The van der Waals surface area contributed by atoms with Gasteiger partial charge in [-0.1, -0.05) is 0 Å². The molecule has 20 heavy (non-hydrogen) atoms. The Morgan fingerprint density at radius 1 is 1.35 bits per heavy atom. The average Bonchev–Trinajstić information content (AvgIpc) is 2.37. The number of aromatic nitrogens is 1. The molecule has 0 radical (unpaired) electrons. The Labute approximate surface area is 112 Å². The Balaban J connectivity index is 2.95. The van der Waals surface area contributed by atoms with Gasteiger partial charge in [0.05, 0.1) is 5.56 Å². The van der Waals surface area contributed by atoms with Crippen LogP contribution in [-0.4, -0.2) is 30.4 Å². The summed E-state index contributed by atoms with van der Waals surface area (Å²) in [6.07, 6.45) is -4.61. The number of anilines is 1. The molecule has 0 saturated heterocycles. The van der Waals surface area contributed by atoms with Gasteiger partial charge < -0.3 is 16.4 Å². The predicted molar refractivity (Wildman–Crippen MR) is 64.9 cm³/mol. The number of carbonyl (C=O) groups excluding carboxylic acids is 2. The Morgan fingerprint density at radius 2 is 2.00 bits per heavy atom. The van der Waals surface area contributed by atoms with Crippen molar-refractivity contribution in [3.8, 4) is 0 Å². The molecular formula is C11H13F3N4O2. The van der Waals surface area contributed by atoms with Crippen LogP contribution in [0.15, 0.2) is 12.1 Å². The third kappa shape index (κ3) is 4.11. The second-order valence-electron chi connectivity index (χ2n) is 3.80. The molecule has 4 N–H and O–H groups in total. The van der Waals surface area contributed by atoms with E-state index in [-0.39, 0.29) is 30.3 Å². The van der Waals surface area contributed by atoms with E-state index in [0.717, 1.165) is 6.07 Å². The SMILES string of the molecule is CNC(=O)CCNc1nc(C(F)(F)F)ccc1C(N)=O. The highest BCUT2D eigenvalue weighted by Gasteiger charge is 2.33. The molecule has 2 amide bonds. The summed E-state index contributed by atoms with van der Waals surface area (Å²) in [7, 11) is 1.43. The molecule has 0 fully saturated rings. The standard InChI is InChI=1S/C11H13F3N4O2/c1-16-8(19)4-5-17-10-6(9(15)20)2-3-7(18-10)11(12,13)14/h2-3H,4-5H2,1H3,(H2,15,20)(H,16,19)(H,17,18). The summed E-state index contributed by atoms with van der Waals surface area (Å²) in [5.41, 5.74) is 3.73. The molecule has 0 unspecified atom stereocenters. The zero-order chi connectivity index (χ0) is 15.3. The lowest BCUT2D eigenvalue weighted by Crippen LogP contribution is -2.23. The molecule has 0 saturated carbocycles. The van der Waals surface area contributed by atoms with Crippen LogP contribution in [0.5, 0.6) is 0 Å². The van der Waals surface area contributed by atoms with Crippen molar-refractivity contribution in [1.82, 2.24) is 10.3 Å². The summed E-state index contributed by atoms with van der Waals surface area (Å²) in [5.74, 6) is -1.50. The summed E-state index contributed by atoms with van der Waals surface area (Å²) >= 11 is 0. The van der Waals surface area contributed by atoms with Crippen LogP contribution in [0.2, 0.25) is 0 Å². The lowest BCUT2D eigenvalue weighted by molar-refractivity contribution is -0.141. The van der Waals surface area contributed by atoms with Crippen molar-refractivity contribution in [2.24, 2.45) is 5.73 Å². The Hall–Kier alpha value is -2.32. The normalized spacial score (nSPS) is 11.0. The van der Waals surface area contributed by atoms with Crippen LogP contribution in [0, 0.1) is 0 Å². The van der Waals surface area contributed by atoms with E-state index in [2.05, 4.69) is 15.6 Å². The van der Waals surface area contributed by atoms with Crippen LogP contribution in [0.3, 0.4) is 0 Å². The van der Waals surface area contributed by atoms with Crippen LogP contribution < -0.4 is 16.4 Å². The third-order valence-electron chi connectivity index (χ3n) is 2.37. The van der Waals surface area contributed by atoms with Gasteiger partial charge in [0.15, 0.2) is 0 Å². The summed E-state index contributed by atoms with van der Waals surface area (Å²) in [6.45, 7) is 0.0221.